The number of nitrogens with one attached hydrogen (secondary N) is 2. The van der Waals surface area contributed by atoms with Crippen molar-refractivity contribution in [2.24, 2.45) is 5.92 Å². The monoisotopic (exact) mass is 265 g/mol. The molecule has 2 heterocycles. The van der Waals surface area contributed by atoms with Crippen molar-refractivity contribution < 1.29 is 9.53 Å². The Bertz CT molecular complexity index is 512. The summed E-state index contributed by atoms with van der Waals surface area (Å²) < 4.78 is 5.60. The highest BCUT2D eigenvalue weighted by Crippen LogP contribution is 2.24. The molecule has 1 amide bonds. The minimum Gasteiger partial charge on any atom is -0.377 e. The molecular weight excluding hydrogens is 246 g/mol. The standard InChI is InChI=1S/C13H19N3O3/c1-3-10-9(5-4-6-19-10)12(17)15-11-7-8(2)14-13(18)16-11/h7,9-10H,3-6H2,1-2H3,(H2,14,15,16,17,18)/t9-,10+/m1/s1. The topological polar surface area (TPSA) is 84.1 Å². The average Bonchev–Trinajstić information content (AvgIpc) is 2.37. The van der Waals surface area contributed by atoms with Gasteiger partial charge in [-0.2, -0.15) is 4.98 Å². The number of carbonyl (C=O) groups is 1. The number of aromatic amines is 1. The largest absolute Gasteiger partial charge is 0.377 e. The van der Waals surface area contributed by atoms with E-state index in [1.807, 2.05) is 6.92 Å². The fourth-order valence-corrected chi connectivity index (χ4v) is 2.40. The van der Waals surface area contributed by atoms with Crippen LogP contribution in [-0.4, -0.2) is 28.6 Å². The molecule has 104 valence electrons. The normalized spacial score (nSPS) is 23.1. The molecule has 0 unspecified atom stereocenters. The molecule has 0 aromatic carbocycles. The minimum atomic E-state index is -0.456. The van der Waals surface area contributed by atoms with Crippen molar-refractivity contribution in [2.75, 3.05) is 11.9 Å². The van der Waals surface area contributed by atoms with Crippen molar-refractivity contribution >= 4 is 11.7 Å². The fourth-order valence-electron chi connectivity index (χ4n) is 2.40. The number of hydrogen-bond acceptors (Lipinski definition) is 4. The van der Waals surface area contributed by atoms with E-state index in [0.29, 0.717) is 18.1 Å². The second-order valence-corrected chi connectivity index (χ2v) is 4.81. The Balaban J connectivity index is 2.09. The van der Waals surface area contributed by atoms with Crippen LogP contribution in [0.4, 0.5) is 5.82 Å². The molecule has 6 heteroatoms. The molecule has 0 aliphatic carbocycles. The molecule has 2 atom stereocenters. The highest BCUT2D eigenvalue weighted by molar-refractivity contribution is 5.92. The third-order valence-corrected chi connectivity index (χ3v) is 3.31. The molecule has 1 aromatic rings. The lowest BCUT2D eigenvalue weighted by Crippen LogP contribution is -2.38. The zero-order valence-electron chi connectivity index (χ0n) is 11.2. The minimum absolute atomic E-state index is 0.0446. The first kappa shape index (κ1) is 13.7. The number of amides is 1. The predicted molar refractivity (Wildman–Crippen MR) is 71.0 cm³/mol. The number of carbonyl (C=O) groups excluding carboxylic acids is 1. The first-order valence-electron chi connectivity index (χ1n) is 6.60. The molecule has 1 aliphatic rings. The van der Waals surface area contributed by atoms with Crippen LogP contribution < -0.4 is 11.0 Å². The van der Waals surface area contributed by atoms with E-state index >= 15 is 0 Å². The molecule has 2 rings (SSSR count). The van der Waals surface area contributed by atoms with Crippen LogP contribution in [0.15, 0.2) is 10.9 Å². The van der Waals surface area contributed by atoms with Gasteiger partial charge in [-0.05, 0) is 26.2 Å². The predicted octanol–water partition coefficient (Wildman–Crippen LogP) is 1.22. The van der Waals surface area contributed by atoms with Crippen molar-refractivity contribution in [3.8, 4) is 0 Å². The molecular formula is C13H19N3O3. The zero-order chi connectivity index (χ0) is 13.8. The number of hydrogen-bond donors (Lipinski definition) is 2. The van der Waals surface area contributed by atoms with Gasteiger partial charge in [-0.25, -0.2) is 4.79 Å². The van der Waals surface area contributed by atoms with E-state index in [4.69, 9.17) is 4.74 Å². The molecule has 0 radical (unpaired) electrons. The lowest BCUT2D eigenvalue weighted by molar-refractivity contribution is -0.129. The van der Waals surface area contributed by atoms with Gasteiger partial charge in [-0.1, -0.05) is 6.92 Å². The van der Waals surface area contributed by atoms with Crippen molar-refractivity contribution in [3.63, 3.8) is 0 Å². The summed E-state index contributed by atoms with van der Waals surface area (Å²) >= 11 is 0. The fraction of sp³-hybridized carbons (Fsp3) is 0.615. The molecule has 1 fully saturated rings. The van der Waals surface area contributed by atoms with E-state index in [0.717, 1.165) is 19.3 Å². The molecule has 6 nitrogen and oxygen atoms in total. The van der Waals surface area contributed by atoms with Crippen molar-refractivity contribution in [1.29, 1.82) is 0 Å². The highest BCUT2D eigenvalue weighted by Gasteiger charge is 2.30. The quantitative estimate of drug-likeness (QED) is 0.860. The number of rotatable bonds is 3. The number of aromatic nitrogens is 2. The summed E-state index contributed by atoms with van der Waals surface area (Å²) in [5, 5.41) is 2.71. The van der Waals surface area contributed by atoms with Gasteiger partial charge in [0.2, 0.25) is 5.91 Å². The van der Waals surface area contributed by atoms with Gasteiger partial charge in [0.25, 0.3) is 0 Å². The molecule has 1 aliphatic heterocycles. The molecule has 1 saturated heterocycles. The van der Waals surface area contributed by atoms with Crippen LogP contribution in [0.25, 0.3) is 0 Å². The van der Waals surface area contributed by atoms with Gasteiger partial charge >= 0.3 is 5.69 Å². The van der Waals surface area contributed by atoms with Crippen molar-refractivity contribution in [2.45, 2.75) is 39.2 Å². The second kappa shape index (κ2) is 5.97. The summed E-state index contributed by atoms with van der Waals surface area (Å²) in [4.78, 5) is 29.7. The van der Waals surface area contributed by atoms with Crippen LogP contribution in [-0.2, 0) is 9.53 Å². The third-order valence-electron chi connectivity index (χ3n) is 3.31. The Labute approximate surface area is 111 Å². The summed E-state index contributed by atoms with van der Waals surface area (Å²) in [7, 11) is 0. The number of ether oxygens (including phenoxy) is 1. The van der Waals surface area contributed by atoms with Crippen LogP contribution in [0, 0.1) is 12.8 Å². The van der Waals surface area contributed by atoms with Crippen LogP contribution >= 0.6 is 0 Å². The summed E-state index contributed by atoms with van der Waals surface area (Å²) in [5.41, 5.74) is 0.212. The molecule has 2 N–H and O–H groups in total. The van der Waals surface area contributed by atoms with Gasteiger partial charge in [-0.15, -0.1) is 0 Å². The van der Waals surface area contributed by atoms with Crippen LogP contribution in [0.3, 0.4) is 0 Å². The number of anilines is 1. The van der Waals surface area contributed by atoms with Crippen molar-refractivity contribution in [3.05, 3.63) is 22.2 Å². The third kappa shape index (κ3) is 3.41. The van der Waals surface area contributed by atoms with Crippen LogP contribution in [0.5, 0.6) is 0 Å². The first-order chi connectivity index (χ1) is 9.10. The number of aryl methyl sites for hydroxylation is 1. The maximum Gasteiger partial charge on any atom is 0.347 e. The molecule has 0 bridgehead atoms. The maximum absolute atomic E-state index is 12.2. The summed E-state index contributed by atoms with van der Waals surface area (Å²) in [5.74, 6) is 0.0101. The van der Waals surface area contributed by atoms with Gasteiger partial charge < -0.3 is 15.0 Å². The Morgan fingerprint density at radius 2 is 2.42 bits per heavy atom. The van der Waals surface area contributed by atoms with E-state index < -0.39 is 5.69 Å². The van der Waals surface area contributed by atoms with Gasteiger partial charge in [0.15, 0.2) is 0 Å². The summed E-state index contributed by atoms with van der Waals surface area (Å²) in [6.07, 6.45) is 2.46. The maximum atomic E-state index is 12.2. The Morgan fingerprint density at radius 1 is 1.63 bits per heavy atom. The Kier molecular flexibility index (Phi) is 4.31. The van der Waals surface area contributed by atoms with Gasteiger partial charge in [0.05, 0.1) is 12.0 Å². The highest BCUT2D eigenvalue weighted by atomic mass is 16.5. The number of nitrogens with zero attached hydrogens (tertiary/aromatic N) is 1. The smallest absolute Gasteiger partial charge is 0.347 e. The van der Waals surface area contributed by atoms with E-state index in [9.17, 15) is 9.59 Å². The van der Waals surface area contributed by atoms with Crippen LogP contribution in [0.2, 0.25) is 0 Å². The first-order valence-corrected chi connectivity index (χ1v) is 6.60. The SMILES string of the molecule is CC[C@@H]1OCCC[C@H]1C(=O)Nc1cc(C)[nH]c(=O)n1. The van der Waals surface area contributed by atoms with Gasteiger partial charge in [0.1, 0.15) is 5.82 Å². The van der Waals surface area contributed by atoms with Gasteiger partial charge in [0, 0.05) is 18.4 Å². The Hall–Kier alpha value is -1.69. The van der Waals surface area contributed by atoms with E-state index in [-0.39, 0.29) is 17.9 Å². The molecule has 0 saturated carbocycles. The lowest BCUT2D eigenvalue weighted by atomic mass is 9.92. The van der Waals surface area contributed by atoms with E-state index in [1.165, 1.54) is 0 Å². The summed E-state index contributed by atoms with van der Waals surface area (Å²) in [6.45, 7) is 4.47. The van der Waals surface area contributed by atoms with Crippen molar-refractivity contribution in [1.82, 2.24) is 9.97 Å². The molecule has 19 heavy (non-hydrogen) atoms. The zero-order valence-corrected chi connectivity index (χ0v) is 11.2. The van der Waals surface area contributed by atoms with E-state index in [1.54, 1.807) is 13.0 Å². The van der Waals surface area contributed by atoms with Crippen LogP contribution in [0.1, 0.15) is 31.9 Å². The average molecular weight is 265 g/mol. The summed E-state index contributed by atoms with van der Waals surface area (Å²) in [6, 6.07) is 1.64. The lowest BCUT2D eigenvalue weighted by Gasteiger charge is -2.29. The van der Waals surface area contributed by atoms with Gasteiger partial charge in [-0.3, -0.25) is 4.79 Å². The molecule has 0 spiro atoms. The Morgan fingerprint density at radius 3 is 3.11 bits per heavy atom. The van der Waals surface area contributed by atoms with E-state index in [2.05, 4.69) is 15.3 Å². The molecule has 1 aromatic heterocycles. The number of H-pyrrole nitrogens is 1. The second-order valence-electron chi connectivity index (χ2n) is 4.81.